The summed E-state index contributed by atoms with van der Waals surface area (Å²) in [6.07, 6.45) is 7.92. The monoisotopic (exact) mass is 419 g/mol. The second-order valence-corrected chi connectivity index (χ2v) is 7.87. The molecule has 3 rings (SSSR count). The lowest BCUT2D eigenvalue weighted by Crippen LogP contribution is -2.53. The van der Waals surface area contributed by atoms with E-state index in [-0.39, 0.29) is 36.8 Å². The van der Waals surface area contributed by atoms with Crippen molar-refractivity contribution in [2.45, 2.75) is 69.4 Å². The first kappa shape index (κ1) is 22.2. The Balaban J connectivity index is 1.44. The predicted molar refractivity (Wildman–Crippen MR) is 110 cm³/mol. The van der Waals surface area contributed by atoms with E-state index < -0.39 is 18.2 Å². The third-order valence-corrected chi connectivity index (χ3v) is 5.49. The zero-order chi connectivity index (χ0) is 21.3. The van der Waals surface area contributed by atoms with Crippen molar-refractivity contribution < 1.29 is 23.8 Å². The molecule has 7 nitrogen and oxygen atoms in total. The van der Waals surface area contributed by atoms with Gasteiger partial charge in [-0.1, -0.05) is 43.5 Å². The van der Waals surface area contributed by atoms with Gasteiger partial charge in [-0.3, -0.25) is 4.79 Å². The molecule has 1 heterocycles. The Morgan fingerprint density at radius 1 is 1.07 bits per heavy atom. The Morgan fingerprint density at radius 3 is 2.50 bits per heavy atom. The summed E-state index contributed by atoms with van der Waals surface area (Å²) in [5.74, 6) is -0.538. The molecule has 3 amide bonds. The fourth-order valence-electron chi connectivity index (χ4n) is 3.82. The molecule has 0 spiro atoms. The van der Waals surface area contributed by atoms with Gasteiger partial charge in [-0.15, -0.1) is 0 Å². The zero-order valence-corrected chi connectivity index (χ0v) is 17.0. The van der Waals surface area contributed by atoms with Crippen LogP contribution < -0.4 is 16.0 Å². The number of rotatable bonds is 7. The molecule has 164 valence electrons. The molecule has 8 heteroatoms. The van der Waals surface area contributed by atoms with E-state index in [2.05, 4.69) is 16.0 Å². The van der Waals surface area contributed by atoms with Crippen molar-refractivity contribution in [3.8, 4) is 0 Å². The maximum absolute atomic E-state index is 12.9. The van der Waals surface area contributed by atoms with Crippen molar-refractivity contribution in [2.75, 3.05) is 6.61 Å². The van der Waals surface area contributed by atoms with Crippen LogP contribution in [0.3, 0.4) is 0 Å². The summed E-state index contributed by atoms with van der Waals surface area (Å²) in [4.78, 5) is 24.4. The number of nitrogens with one attached hydrogen (secondary N) is 3. The summed E-state index contributed by atoms with van der Waals surface area (Å²) < 4.78 is 18.7. The van der Waals surface area contributed by atoms with Gasteiger partial charge in [0.1, 0.15) is 11.9 Å². The molecule has 0 radical (unpaired) electrons. The topological polar surface area (TPSA) is 99.7 Å². The molecule has 1 aromatic rings. The van der Waals surface area contributed by atoms with Crippen molar-refractivity contribution in [2.24, 2.45) is 0 Å². The first-order valence-electron chi connectivity index (χ1n) is 10.6. The first-order valence-corrected chi connectivity index (χ1v) is 10.6. The molecule has 0 bridgehead atoms. The smallest absolute Gasteiger partial charge is 0.315 e. The highest BCUT2D eigenvalue weighted by Crippen LogP contribution is 2.18. The number of aliphatic hydroxyl groups excluding tert-OH is 1. The molecule has 0 aromatic heterocycles. The van der Waals surface area contributed by atoms with Gasteiger partial charge in [0.2, 0.25) is 5.91 Å². The minimum Gasteiger partial charge on any atom is -0.394 e. The van der Waals surface area contributed by atoms with Crippen molar-refractivity contribution in [1.82, 2.24) is 16.0 Å². The molecule has 1 fully saturated rings. The van der Waals surface area contributed by atoms with Crippen LogP contribution in [0.2, 0.25) is 0 Å². The van der Waals surface area contributed by atoms with E-state index in [1.807, 2.05) is 0 Å². The quantitative estimate of drug-likeness (QED) is 0.509. The summed E-state index contributed by atoms with van der Waals surface area (Å²) >= 11 is 0. The van der Waals surface area contributed by atoms with E-state index in [0.29, 0.717) is 6.54 Å². The number of carbonyl (C=O) groups is 2. The number of aliphatic hydroxyl groups is 1. The summed E-state index contributed by atoms with van der Waals surface area (Å²) in [5.41, 5.74) is 0.798. The Kier molecular flexibility index (Phi) is 8.21. The van der Waals surface area contributed by atoms with Crippen LogP contribution in [0.15, 0.2) is 36.4 Å². The minimum atomic E-state index is -0.623. The zero-order valence-electron chi connectivity index (χ0n) is 17.0. The van der Waals surface area contributed by atoms with Crippen LogP contribution in [0.5, 0.6) is 0 Å². The molecular formula is C22H30FN3O4. The number of carbonyl (C=O) groups excluding carboxylic acids is 2. The Hall–Kier alpha value is -2.45. The number of amides is 3. The van der Waals surface area contributed by atoms with Crippen LogP contribution >= 0.6 is 0 Å². The van der Waals surface area contributed by atoms with Gasteiger partial charge < -0.3 is 25.8 Å². The molecule has 1 aliphatic carbocycles. The van der Waals surface area contributed by atoms with Gasteiger partial charge >= 0.3 is 6.03 Å². The van der Waals surface area contributed by atoms with E-state index in [1.54, 1.807) is 24.3 Å². The molecule has 4 N–H and O–H groups in total. The van der Waals surface area contributed by atoms with Gasteiger partial charge in [0.25, 0.3) is 0 Å². The maximum Gasteiger partial charge on any atom is 0.315 e. The number of urea groups is 1. The summed E-state index contributed by atoms with van der Waals surface area (Å²) in [7, 11) is 0. The van der Waals surface area contributed by atoms with Gasteiger partial charge in [-0.05, 0) is 30.5 Å². The lowest BCUT2D eigenvalue weighted by Gasteiger charge is -2.32. The van der Waals surface area contributed by atoms with Crippen LogP contribution in [0.4, 0.5) is 9.18 Å². The highest BCUT2D eigenvalue weighted by Gasteiger charge is 2.29. The molecular weight excluding hydrogens is 389 g/mol. The van der Waals surface area contributed by atoms with Crippen molar-refractivity contribution >= 4 is 11.9 Å². The predicted octanol–water partition coefficient (Wildman–Crippen LogP) is 2.15. The number of ether oxygens (including phenoxy) is 1. The van der Waals surface area contributed by atoms with E-state index in [1.165, 1.54) is 18.6 Å². The van der Waals surface area contributed by atoms with Gasteiger partial charge in [-0.2, -0.15) is 0 Å². The van der Waals surface area contributed by atoms with Gasteiger partial charge in [0, 0.05) is 12.6 Å². The molecule has 30 heavy (non-hydrogen) atoms. The highest BCUT2D eigenvalue weighted by atomic mass is 19.1. The standard InChI is InChI=1S/C22H30FN3O4/c23-16-8-6-15(7-9-16)13-24-21(28)12-18-10-11-19(20(14-27)30-18)26-22(29)25-17-4-2-1-3-5-17/h6-11,17-20,27H,1-5,12-14H2,(H,24,28)(H2,25,26,29)/t18-,19+,20+/m0/s1. The van der Waals surface area contributed by atoms with E-state index in [0.717, 1.165) is 31.2 Å². The molecule has 3 atom stereocenters. The average molecular weight is 419 g/mol. The van der Waals surface area contributed by atoms with Crippen LogP contribution in [-0.4, -0.2) is 47.9 Å². The summed E-state index contributed by atoms with van der Waals surface area (Å²) in [6.45, 7) is 0.0247. The van der Waals surface area contributed by atoms with Gasteiger partial charge in [0.05, 0.1) is 25.2 Å². The van der Waals surface area contributed by atoms with Crippen LogP contribution in [0, 0.1) is 5.82 Å². The SMILES string of the molecule is O=C(C[C@@H]1C=C[C@@H](NC(=O)NC2CCCCC2)[C@@H](CO)O1)NCc1ccc(F)cc1. The van der Waals surface area contributed by atoms with Crippen molar-refractivity contribution in [1.29, 1.82) is 0 Å². The lowest BCUT2D eigenvalue weighted by atomic mass is 9.96. The minimum absolute atomic E-state index is 0.0924. The molecule has 2 aliphatic rings. The van der Waals surface area contributed by atoms with Gasteiger partial charge in [-0.25, -0.2) is 9.18 Å². The molecule has 1 aromatic carbocycles. The average Bonchev–Trinajstić information content (AvgIpc) is 2.75. The van der Waals surface area contributed by atoms with Gasteiger partial charge in [0.15, 0.2) is 0 Å². The number of benzene rings is 1. The van der Waals surface area contributed by atoms with Crippen molar-refractivity contribution in [3.63, 3.8) is 0 Å². The fraction of sp³-hybridized carbons (Fsp3) is 0.545. The number of halogens is 1. The third kappa shape index (κ3) is 6.81. The molecule has 0 unspecified atom stereocenters. The highest BCUT2D eigenvalue weighted by molar-refractivity contribution is 5.77. The molecule has 0 saturated heterocycles. The largest absolute Gasteiger partial charge is 0.394 e. The summed E-state index contributed by atoms with van der Waals surface area (Å²) in [6, 6.07) is 5.38. The van der Waals surface area contributed by atoms with E-state index in [4.69, 9.17) is 4.74 Å². The second kappa shape index (κ2) is 11.1. The van der Waals surface area contributed by atoms with E-state index >= 15 is 0 Å². The number of hydrogen-bond donors (Lipinski definition) is 4. The van der Waals surface area contributed by atoms with E-state index in [9.17, 15) is 19.1 Å². The van der Waals surface area contributed by atoms with Crippen LogP contribution in [0.25, 0.3) is 0 Å². The first-order chi connectivity index (χ1) is 14.5. The Morgan fingerprint density at radius 2 is 1.80 bits per heavy atom. The molecule has 1 aliphatic heterocycles. The van der Waals surface area contributed by atoms with Crippen LogP contribution in [0.1, 0.15) is 44.1 Å². The fourth-order valence-corrected chi connectivity index (χ4v) is 3.82. The Bertz CT molecular complexity index is 734. The second-order valence-electron chi connectivity index (χ2n) is 7.87. The molecule has 1 saturated carbocycles. The normalized spacial score (nSPS) is 24.3. The maximum atomic E-state index is 12.9. The Labute approximate surface area is 176 Å². The van der Waals surface area contributed by atoms with Crippen LogP contribution in [-0.2, 0) is 16.1 Å². The lowest BCUT2D eigenvalue weighted by molar-refractivity contribution is -0.125. The van der Waals surface area contributed by atoms with Crippen molar-refractivity contribution in [3.05, 3.63) is 47.8 Å². The third-order valence-electron chi connectivity index (χ3n) is 5.49. The number of hydrogen-bond acceptors (Lipinski definition) is 4. The summed E-state index contributed by atoms with van der Waals surface area (Å²) in [5, 5.41) is 18.3.